The molecule has 2 atom stereocenters. The van der Waals surface area contributed by atoms with Gasteiger partial charge in [0.05, 0.1) is 6.42 Å². The van der Waals surface area contributed by atoms with E-state index in [1.165, 1.54) is 0 Å². The van der Waals surface area contributed by atoms with Crippen LogP contribution in [0.1, 0.15) is 33.2 Å². The van der Waals surface area contributed by atoms with E-state index < -0.39 is 28.4 Å². The van der Waals surface area contributed by atoms with Crippen LogP contribution in [0.25, 0.3) is 0 Å². The second kappa shape index (κ2) is 13.3. The van der Waals surface area contributed by atoms with Crippen molar-refractivity contribution < 1.29 is 24.0 Å². The number of hydrogen-bond acceptors (Lipinski definition) is 4. The number of anilines is 2. The van der Waals surface area contributed by atoms with Gasteiger partial charge in [0, 0.05) is 29.0 Å². The minimum Gasteiger partial charge on any atom is -0.611 e. The molecule has 0 aliphatic carbocycles. The summed E-state index contributed by atoms with van der Waals surface area (Å²) in [6, 6.07) is 31.0. The van der Waals surface area contributed by atoms with Gasteiger partial charge in [0.25, 0.3) is 5.91 Å². The number of carboxylic acids is 1. The molecule has 0 aliphatic heterocycles. The largest absolute Gasteiger partial charge is 0.611 e. The van der Waals surface area contributed by atoms with Crippen molar-refractivity contribution in [3.63, 3.8) is 0 Å². The SMILES string of the molecule is O=C(O)CC(c1ccccc1)[S+]([O-])c1ccc(NC(=O)c2cccc(NC(=O)NCc3ccccc3)c2)cc1. The zero-order valence-electron chi connectivity index (χ0n) is 20.9. The first-order valence-electron chi connectivity index (χ1n) is 12.2. The van der Waals surface area contributed by atoms with Crippen LogP contribution in [-0.2, 0) is 22.5 Å². The normalized spacial score (nSPS) is 12.1. The topological polar surface area (TPSA) is 131 Å². The Morgan fingerprint density at radius 1 is 0.769 bits per heavy atom. The molecule has 9 heteroatoms. The molecule has 0 heterocycles. The average molecular weight is 542 g/mol. The fraction of sp³-hybridized carbons (Fsp3) is 0.100. The molecule has 3 amide bonds. The second-order valence-electron chi connectivity index (χ2n) is 8.65. The standard InChI is InChI=1S/C30H27N3O5S/c34-28(35)19-27(22-10-5-2-6-11-22)39(38)26-16-14-24(15-17-26)32-29(36)23-12-7-13-25(18-23)33-30(37)31-20-21-8-3-1-4-9-21/h1-18,27H,19-20H2,(H,32,36)(H,34,35)(H2,31,33,37). The van der Waals surface area contributed by atoms with Crippen LogP contribution in [0.5, 0.6) is 0 Å². The number of carbonyl (C=O) groups excluding carboxylic acids is 2. The molecule has 4 aromatic carbocycles. The van der Waals surface area contributed by atoms with Gasteiger partial charge in [0.1, 0.15) is 0 Å². The smallest absolute Gasteiger partial charge is 0.319 e. The van der Waals surface area contributed by atoms with Crippen molar-refractivity contribution in [3.05, 3.63) is 126 Å². The Morgan fingerprint density at radius 3 is 2.10 bits per heavy atom. The Labute approximate surface area is 229 Å². The van der Waals surface area contributed by atoms with Gasteiger partial charge in [-0.2, -0.15) is 0 Å². The molecule has 0 fully saturated rings. The Hall–Kier alpha value is -4.60. The van der Waals surface area contributed by atoms with Gasteiger partial charge in [-0.3, -0.25) is 9.59 Å². The highest BCUT2D eigenvalue weighted by Crippen LogP contribution is 2.32. The number of nitrogens with one attached hydrogen (secondary N) is 3. The average Bonchev–Trinajstić information content (AvgIpc) is 2.96. The molecular formula is C30H27N3O5S. The highest BCUT2D eigenvalue weighted by Gasteiger charge is 2.29. The number of carboxylic acid groups (broad SMARTS) is 1. The molecule has 0 spiro atoms. The molecule has 4 rings (SSSR count). The number of aliphatic carboxylic acids is 1. The summed E-state index contributed by atoms with van der Waals surface area (Å²) in [7, 11) is 0. The third kappa shape index (κ3) is 7.94. The summed E-state index contributed by atoms with van der Waals surface area (Å²) in [6.45, 7) is 0.371. The van der Waals surface area contributed by atoms with Crippen LogP contribution in [0.15, 0.2) is 114 Å². The predicted octanol–water partition coefficient (Wildman–Crippen LogP) is 5.58. The quantitative estimate of drug-likeness (QED) is 0.195. The van der Waals surface area contributed by atoms with Crippen LogP contribution >= 0.6 is 0 Å². The van der Waals surface area contributed by atoms with Crippen LogP contribution < -0.4 is 16.0 Å². The molecule has 0 saturated carbocycles. The summed E-state index contributed by atoms with van der Waals surface area (Å²) in [4.78, 5) is 36.9. The van der Waals surface area contributed by atoms with Crippen molar-refractivity contribution in [2.75, 3.05) is 10.6 Å². The highest BCUT2D eigenvalue weighted by molar-refractivity contribution is 7.91. The summed E-state index contributed by atoms with van der Waals surface area (Å²) in [5.41, 5.74) is 2.93. The second-order valence-corrected chi connectivity index (χ2v) is 10.3. The van der Waals surface area contributed by atoms with Gasteiger partial charge < -0.3 is 25.6 Å². The Bertz CT molecular complexity index is 1420. The number of rotatable bonds is 10. The van der Waals surface area contributed by atoms with Gasteiger partial charge in [-0.25, -0.2) is 4.79 Å². The maximum absolute atomic E-state index is 13.2. The van der Waals surface area contributed by atoms with Crippen LogP contribution in [0, 0.1) is 0 Å². The summed E-state index contributed by atoms with van der Waals surface area (Å²) in [6.07, 6.45) is -0.274. The lowest BCUT2D eigenvalue weighted by Gasteiger charge is -2.20. The summed E-state index contributed by atoms with van der Waals surface area (Å²) >= 11 is -1.61. The van der Waals surface area contributed by atoms with E-state index in [-0.39, 0.29) is 12.3 Å². The number of benzene rings is 4. The number of amides is 3. The fourth-order valence-electron chi connectivity index (χ4n) is 3.88. The maximum atomic E-state index is 13.2. The summed E-state index contributed by atoms with van der Waals surface area (Å²) in [5, 5.41) is 16.9. The molecule has 0 bridgehead atoms. The van der Waals surface area contributed by atoms with Crippen molar-refractivity contribution in [2.45, 2.75) is 23.1 Å². The number of carbonyl (C=O) groups is 3. The Balaban J connectivity index is 1.37. The molecule has 198 valence electrons. The minimum atomic E-state index is -1.61. The van der Waals surface area contributed by atoms with Gasteiger partial charge in [-0.15, -0.1) is 0 Å². The molecular weight excluding hydrogens is 514 g/mol. The van der Waals surface area contributed by atoms with Crippen LogP contribution in [0.4, 0.5) is 16.2 Å². The maximum Gasteiger partial charge on any atom is 0.319 e. The number of urea groups is 1. The molecule has 2 unspecified atom stereocenters. The molecule has 0 aromatic heterocycles. The van der Waals surface area contributed by atoms with Crippen molar-refractivity contribution >= 4 is 40.5 Å². The van der Waals surface area contributed by atoms with E-state index in [0.29, 0.717) is 33.9 Å². The molecule has 4 aromatic rings. The van der Waals surface area contributed by atoms with Gasteiger partial charge in [0.15, 0.2) is 10.1 Å². The van der Waals surface area contributed by atoms with Crippen molar-refractivity contribution in [2.24, 2.45) is 0 Å². The Morgan fingerprint density at radius 2 is 1.44 bits per heavy atom. The van der Waals surface area contributed by atoms with Crippen molar-refractivity contribution in [1.29, 1.82) is 0 Å². The van der Waals surface area contributed by atoms with E-state index >= 15 is 0 Å². The zero-order chi connectivity index (χ0) is 27.6. The van der Waals surface area contributed by atoms with Crippen molar-refractivity contribution in [3.8, 4) is 0 Å². The third-order valence-electron chi connectivity index (χ3n) is 5.81. The first-order valence-corrected chi connectivity index (χ1v) is 13.4. The van der Waals surface area contributed by atoms with Crippen LogP contribution in [-0.4, -0.2) is 27.6 Å². The van der Waals surface area contributed by atoms with E-state index in [1.54, 1.807) is 72.8 Å². The lowest BCUT2D eigenvalue weighted by Crippen LogP contribution is -2.28. The summed E-state index contributed by atoms with van der Waals surface area (Å²) < 4.78 is 13.2. The Kier molecular flexibility index (Phi) is 9.34. The van der Waals surface area contributed by atoms with Gasteiger partial charge in [-0.05, 0) is 59.2 Å². The van der Waals surface area contributed by atoms with Gasteiger partial charge in [-0.1, -0.05) is 66.7 Å². The molecule has 0 radical (unpaired) electrons. The van der Waals surface area contributed by atoms with Gasteiger partial charge in [0.2, 0.25) is 0 Å². The molecule has 4 N–H and O–H groups in total. The van der Waals surface area contributed by atoms with Crippen LogP contribution in [0.2, 0.25) is 0 Å². The lowest BCUT2D eigenvalue weighted by atomic mass is 10.1. The molecule has 39 heavy (non-hydrogen) atoms. The number of hydrogen-bond donors (Lipinski definition) is 4. The van der Waals surface area contributed by atoms with Crippen LogP contribution in [0.3, 0.4) is 0 Å². The van der Waals surface area contributed by atoms with Crippen molar-refractivity contribution in [1.82, 2.24) is 5.32 Å². The minimum absolute atomic E-state index is 0.274. The first-order chi connectivity index (χ1) is 18.9. The molecule has 8 nitrogen and oxygen atoms in total. The predicted molar refractivity (Wildman–Crippen MR) is 151 cm³/mol. The van der Waals surface area contributed by atoms with E-state index in [2.05, 4.69) is 16.0 Å². The molecule has 0 aliphatic rings. The lowest BCUT2D eigenvalue weighted by molar-refractivity contribution is -0.137. The van der Waals surface area contributed by atoms with E-state index in [1.807, 2.05) is 36.4 Å². The fourth-order valence-corrected chi connectivity index (χ4v) is 5.31. The highest BCUT2D eigenvalue weighted by atomic mass is 32.2. The van der Waals surface area contributed by atoms with E-state index in [0.717, 1.165) is 5.56 Å². The van der Waals surface area contributed by atoms with E-state index in [9.17, 15) is 24.0 Å². The zero-order valence-corrected chi connectivity index (χ0v) is 21.7. The van der Waals surface area contributed by atoms with E-state index in [4.69, 9.17) is 0 Å². The summed E-state index contributed by atoms with van der Waals surface area (Å²) in [5.74, 6) is -1.42. The first kappa shape index (κ1) is 27.4. The van der Waals surface area contributed by atoms with Gasteiger partial charge >= 0.3 is 12.0 Å². The monoisotopic (exact) mass is 541 g/mol. The third-order valence-corrected chi connectivity index (χ3v) is 7.51. The molecule has 0 saturated heterocycles.